The molecule has 2 heterocycles. The van der Waals surface area contributed by atoms with E-state index in [0.29, 0.717) is 22.9 Å². The molecule has 13 heteroatoms. The van der Waals surface area contributed by atoms with E-state index < -0.39 is 6.36 Å². The van der Waals surface area contributed by atoms with Crippen molar-refractivity contribution in [2.75, 3.05) is 13.7 Å². The summed E-state index contributed by atoms with van der Waals surface area (Å²) in [5.74, 6) is 1.45. The van der Waals surface area contributed by atoms with Crippen LogP contribution in [0.1, 0.15) is 62.3 Å². The van der Waals surface area contributed by atoms with Crippen LogP contribution in [0.4, 0.5) is 18.0 Å². The zero-order valence-corrected chi connectivity index (χ0v) is 28.1. The number of carbonyl (C=O) groups excluding carboxylic acids is 1. The highest BCUT2D eigenvalue weighted by Gasteiger charge is 2.31. The van der Waals surface area contributed by atoms with Crippen molar-refractivity contribution in [2.45, 2.75) is 58.7 Å². The number of hydrogen-bond acceptors (Lipinski definition) is 6. The minimum atomic E-state index is -4.75. The van der Waals surface area contributed by atoms with Crippen molar-refractivity contribution in [1.82, 2.24) is 24.6 Å². The SMILES string of the molecule is COc1ccc(C(C)C)c(-n2c(C)cs/c2=N\C(=O)NCCCC(C)c2ccc(-c3ncn(-c4ccc(OC(F)(F)F)cc4)n3)cc2)c1. The number of nitrogens with one attached hydrogen (secondary N) is 1. The molecule has 0 aliphatic rings. The van der Waals surface area contributed by atoms with Crippen molar-refractivity contribution >= 4 is 17.4 Å². The molecule has 1 atom stereocenters. The van der Waals surface area contributed by atoms with Crippen molar-refractivity contribution in [2.24, 2.45) is 4.99 Å². The Kier molecular flexibility index (Phi) is 10.7. The van der Waals surface area contributed by atoms with Gasteiger partial charge < -0.3 is 14.8 Å². The van der Waals surface area contributed by atoms with E-state index in [9.17, 15) is 18.0 Å². The quantitative estimate of drug-likeness (QED) is 0.142. The minimum absolute atomic E-state index is 0.250. The number of hydrogen-bond donors (Lipinski definition) is 1. The molecule has 0 aliphatic heterocycles. The first-order chi connectivity index (χ1) is 22.9. The first-order valence-corrected chi connectivity index (χ1v) is 16.4. The fourth-order valence-electron chi connectivity index (χ4n) is 5.27. The molecule has 0 aliphatic carbocycles. The van der Waals surface area contributed by atoms with Crippen LogP contribution in [0.2, 0.25) is 0 Å². The van der Waals surface area contributed by atoms with E-state index in [1.165, 1.54) is 46.6 Å². The fraction of sp³-hybridized carbons (Fsp3) is 0.314. The highest BCUT2D eigenvalue weighted by atomic mass is 32.1. The molecule has 0 saturated heterocycles. The normalized spacial score (nSPS) is 12.7. The molecular formula is C35H37F3N6O3S. The lowest BCUT2D eigenvalue weighted by Gasteiger charge is -2.16. The highest BCUT2D eigenvalue weighted by molar-refractivity contribution is 7.07. The number of ether oxygens (including phenoxy) is 2. The average Bonchev–Trinajstić information content (AvgIpc) is 3.69. The molecule has 2 amide bonds. The van der Waals surface area contributed by atoms with E-state index in [0.717, 1.165) is 46.7 Å². The second kappa shape index (κ2) is 14.9. The summed E-state index contributed by atoms with van der Waals surface area (Å²) in [5, 5.41) is 9.39. The lowest BCUT2D eigenvalue weighted by atomic mass is 9.95. The lowest BCUT2D eigenvalue weighted by molar-refractivity contribution is -0.274. The van der Waals surface area contributed by atoms with Crippen LogP contribution < -0.4 is 19.6 Å². The Labute approximate surface area is 280 Å². The first kappa shape index (κ1) is 34.4. The van der Waals surface area contributed by atoms with Crippen LogP contribution in [-0.4, -0.2) is 45.4 Å². The molecule has 1 unspecified atom stereocenters. The van der Waals surface area contributed by atoms with E-state index >= 15 is 0 Å². The Morgan fingerprint density at radius 1 is 1.02 bits per heavy atom. The van der Waals surface area contributed by atoms with Gasteiger partial charge in [-0.15, -0.1) is 29.6 Å². The molecule has 48 heavy (non-hydrogen) atoms. The molecular weight excluding hydrogens is 641 g/mol. The van der Waals surface area contributed by atoms with Gasteiger partial charge in [0.1, 0.15) is 17.8 Å². The van der Waals surface area contributed by atoms with Crippen molar-refractivity contribution in [1.29, 1.82) is 0 Å². The number of alkyl halides is 3. The summed E-state index contributed by atoms with van der Waals surface area (Å²) in [6, 6.07) is 18.9. The van der Waals surface area contributed by atoms with Crippen molar-refractivity contribution in [3.05, 3.63) is 100 Å². The summed E-state index contributed by atoms with van der Waals surface area (Å²) in [4.78, 5) is 22.2. The number of carbonyl (C=O) groups is 1. The van der Waals surface area contributed by atoms with Crippen molar-refractivity contribution < 1.29 is 27.4 Å². The molecule has 0 spiro atoms. The predicted octanol–water partition coefficient (Wildman–Crippen LogP) is 8.32. The highest BCUT2D eigenvalue weighted by Crippen LogP contribution is 2.29. The van der Waals surface area contributed by atoms with Gasteiger partial charge in [0.25, 0.3) is 0 Å². The van der Waals surface area contributed by atoms with E-state index in [1.807, 2.05) is 53.3 Å². The molecule has 1 N–H and O–H groups in total. The standard InChI is InChI=1S/C35H37F3N6O3S/c1-22(2)30-17-16-29(46-5)19-31(30)44-24(4)20-48-34(44)41-33(45)39-18-6-7-23(3)25-8-10-26(11-9-25)32-40-21-43(42-32)27-12-14-28(15-13-27)47-35(36,37)38/h8-17,19-23H,6-7,18H2,1-5H3,(H,39,45)/b41-34-. The molecule has 5 rings (SSSR count). The monoisotopic (exact) mass is 678 g/mol. The number of urea groups is 1. The largest absolute Gasteiger partial charge is 0.573 e. The molecule has 252 valence electrons. The van der Waals surface area contributed by atoms with Gasteiger partial charge in [-0.05, 0) is 73.1 Å². The molecule has 5 aromatic rings. The van der Waals surface area contributed by atoms with E-state index in [1.54, 1.807) is 7.11 Å². The van der Waals surface area contributed by atoms with Gasteiger partial charge in [-0.25, -0.2) is 14.5 Å². The number of amides is 2. The number of rotatable bonds is 11. The van der Waals surface area contributed by atoms with Crippen LogP contribution in [0, 0.1) is 6.92 Å². The summed E-state index contributed by atoms with van der Waals surface area (Å²) in [6.07, 6.45) is -1.60. The number of methoxy groups -OCH3 is 1. The number of thiazole rings is 1. The van der Waals surface area contributed by atoms with Crippen LogP contribution in [0.25, 0.3) is 22.8 Å². The van der Waals surface area contributed by atoms with Gasteiger partial charge in [0.05, 0.1) is 18.5 Å². The van der Waals surface area contributed by atoms with Gasteiger partial charge in [-0.1, -0.05) is 51.1 Å². The van der Waals surface area contributed by atoms with Gasteiger partial charge >= 0.3 is 12.4 Å². The van der Waals surface area contributed by atoms with Crippen LogP contribution >= 0.6 is 11.3 Å². The second-order valence-corrected chi connectivity index (χ2v) is 12.5. The number of nitrogens with zero attached hydrogens (tertiary/aromatic N) is 5. The Morgan fingerprint density at radius 3 is 2.40 bits per heavy atom. The maximum absolute atomic E-state index is 12.8. The predicted molar refractivity (Wildman–Crippen MR) is 179 cm³/mol. The average molecular weight is 679 g/mol. The number of benzene rings is 3. The molecule has 9 nitrogen and oxygen atoms in total. The Bertz CT molecular complexity index is 1910. The van der Waals surface area contributed by atoms with Gasteiger partial charge in [0, 0.05) is 29.2 Å². The fourth-order valence-corrected chi connectivity index (χ4v) is 6.14. The zero-order chi connectivity index (χ0) is 34.4. The van der Waals surface area contributed by atoms with Gasteiger partial charge in [0.2, 0.25) is 0 Å². The maximum atomic E-state index is 12.8. The molecule has 3 aromatic carbocycles. The second-order valence-electron chi connectivity index (χ2n) is 11.6. The number of halogens is 3. The summed E-state index contributed by atoms with van der Waals surface area (Å²) < 4.78 is 50.2. The Balaban J connectivity index is 1.15. The summed E-state index contributed by atoms with van der Waals surface area (Å²) >= 11 is 1.42. The lowest BCUT2D eigenvalue weighted by Crippen LogP contribution is -2.26. The van der Waals surface area contributed by atoms with E-state index in [2.05, 4.69) is 52.0 Å². The molecule has 0 fully saturated rings. The van der Waals surface area contributed by atoms with Crippen molar-refractivity contribution in [3.63, 3.8) is 0 Å². The van der Waals surface area contributed by atoms with E-state index in [4.69, 9.17) is 4.74 Å². The smallest absolute Gasteiger partial charge is 0.497 e. The zero-order valence-electron chi connectivity index (χ0n) is 27.3. The summed E-state index contributed by atoms with van der Waals surface area (Å²) in [6.45, 7) is 8.89. The van der Waals surface area contributed by atoms with Gasteiger partial charge in [0.15, 0.2) is 10.6 Å². The molecule has 0 saturated carbocycles. The summed E-state index contributed by atoms with van der Waals surface area (Å²) in [5.41, 5.74) is 5.58. The number of aromatic nitrogens is 4. The topological polar surface area (TPSA) is 95.6 Å². The third kappa shape index (κ3) is 8.51. The third-order valence-electron chi connectivity index (χ3n) is 7.83. The third-order valence-corrected chi connectivity index (χ3v) is 8.77. The van der Waals surface area contributed by atoms with Crippen LogP contribution in [0.5, 0.6) is 11.5 Å². The van der Waals surface area contributed by atoms with Crippen LogP contribution in [0.3, 0.4) is 0 Å². The van der Waals surface area contributed by atoms with Gasteiger partial charge in [-0.2, -0.15) is 4.99 Å². The Hall–Kier alpha value is -4.91. The molecule has 2 aromatic heterocycles. The van der Waals surface area contributed by atoms with Crippen LogP contribution in [-0.2, 0) is 0 Å². The first-order valence-electron chi connectivity index (χ1n) is 15.5. The molecule has 0 radical (unpaired) electrons. The number of aryl methyl sites for hydroxylation is 1. The minimum Gasteiger partial charge on any atom is -0.497 e. The molecule has 0 bridgehead atoms. The summed E-state index contributed by atoms with van der Waals surface area (Å²) in [7, 11) is 1.64. The van der Waals surface area contributed by atoms with Crippen LogP contribution in [0.15, 0.2) is 83.4 Å². The van der Waals surface area contributed by atoms with Gasteiger partial charge in [-0.3, -0.25) is 4.57 Å². The Morgan fingerprint density at radius 2 is 1.73 bits per heavy atom. The van der Waals surface area contributed by atoms with E-state index in [-0.39, 0.29) is 23.6 Å². The van der Waals surface area contributed by atoms with Crippen molar-refractivity contribution in [3.8, 4) is 34.3 Å². The maximum Gasteiger partial charge on any atom is 0.573 e.